The smallest absolute Gasteiger partial charge is 0.375 e. The van der Waals surface area contributed by atoms with Crippen LogP contribution < -0.4 is 5.32 Å². The van der Waals surface area contributed by atoms with Crippen molar-refractivity contribution < 1.29 is 13.2 Å². The molecule has 1 atom stereocenters. The molecular formula is C11H10F3NS. The van der Waals surface area contributed by atoms with Crippen LogP contribution in [0.25, 0.3) is 0 Å². The van der Waals surface area contributed by atoms with Gasteiger partial charge in [0.05, 0.1) is 5.56 Å². The molecule has 1 aliphatic heterocycles. The number of thioether (sulfide) groups is 1. The molecule has 1 aromatic rings. The molecule has 0 spiro atoms. The third kappa shape index (κ3) is 2.35. The first kappa shape index (κ1) is 11.4. The summed E-state index contributed by atoms with van der Waals surface area (Å²) in [7, 11) is 0. The summed E-state index contributed by atoms with van der Waals surface area (Å²) in [5.74, 6) is 0. The Hall–Kier alpha value is -1.10. The highest BCUT2D eigenvalue weighted by Gasteiger charge is 2.31. The lowest BCUT2D eigenvalue weighted by Gasteiger charge is -2.13. The lowest BCUT2D eigenvalue weighted by Crippen LogP contribution is -2.10. The molecule has 1 heterocycles. The number of halogens is 3. The average molecular weight is 245 g/mol. The summed E-state index contributed by atoms with van der Waals surface area (Å²) in [5, 5.41) is 2.93. The van der Waals surface area contributed by atoms with Gasteiger partial charge in [-0.15, -0.1) is 0 Å². The minimum Gasteiger partial charge on any atom is -0.375 e. The van der Waals surface area contributed by atoms with E-state index in [-0.39, 0.29) is 5.37 Å². The molecule has 0 bridgehead atoms. The van der Waals surface area contributed by atoms with Gasteiger partial charge in [0.2, 0.25) is 0 Å². The number of alkyl halides is 3. The fraction of sp³-hybridized carbons (Fsp3) is 0.273. The third-order valence-corrected chi connectivity index (χ3v) is 3.39. The first-order valence-corrected chi connectivity index (χ1v) is 5.61. The Kier molecular flexibility index (Phi) is 2.88. The molecule has 0 saturated heterocycles. The quantitative estimate of drug-likeness (QED) is 0.805. The van der Waals surface area contributed by atoms with E-state index in [2.05, 4.69) is 5.32 Å². The number of hydrogen-bond acceptors (Lipinski definition) is 2. The first-order valence-electron chi connectivity index (χ1n) is 4.73. The second-order valence-corrected chi connectivity index (χ2v) is 4.89. The normalized spacial score (nSPS) is 20.5. The minimum absolute atomic E-state index is 0.109. The summed E-state index contributed by atoms with van der Waals surface area (Å²) < 4.78 is 37.5. The van der Waals surface area contributed by atoms with Gasteiger partial charge in [0.1, 0.15) is 5.37 Å². The molecule has 0 aromatic heterocycles. The van der Waals surface area contributed by atoms with E-state index in [1.54, 1.807) is 6.07 Å². The summed E-state index contributed by atoms with van der Waals surface area (Å²) in [4.78, 5) is 1.07. The maximum absolute atomic E-state index is 12.5. The molecule has 0 saturated carbocycles. The summed E-state index contributed by atoms with van der Waals surface area (Å²) >= 11 is 1.52. The molecule has 5 heteroatoms. The van der Waals surface area contributed by atoms with E-state index in [4.69, 9.17) is 0 Å². The van der Waals surface area contributed by atoms with Crippen molar-refractivity contribution in [1.29, 1.82) is 0 Å². The highest BCUT2D eigenvalue weighted by molar-refractivity contribution is 8.03. The SMILES string of the molecule is CC1=CNC(c2cccc(C(F)(F)F)c2)S1. The molecule has 0 radical (unpaired) electrons. The van der Waals surface area contributed by atoms with Gasteiger partial charge in [-0.1, -0.05) is 23.9 Å². The molecule has 0 fully saturated rings. The van der Waals surface area contributed by atoms with Crippen molar-refractivity contribution in [2.75, 3.05) is 0 Å². The molecule has 2 rings (SSSR count). The van der Waals surface area contributed by atoms with Crippen LogP contribution in [0.2, 0.25) is 0 Å². The number of allylic oxidation sites excluding steroid dienone is 1. The van der Waals surface area contributed by atoms with E-state index >= 15 is 0 Å². The molecule has 1 N–H and O–H groups in total. The summed E-state index contributed by atoms with van der Waals surface area (Å²) in [6, 6.07) is 5.42. The Balaban J connectivity index is 2.24. The fourth-order valence-electron chi connectivity index (χ4n) is 1.49. The molecule has 0 aliphatic carbocycles. The Morgan fingerprint density at radius 2 is 2.06 bits per heavy atom. The lowest BCUT2D eigenvalue weighted by molar-refractivity contribution is -0.137. The maximum atomic E-state index is 12.5. The van der Waals surface area contributed by atoms with Crippen molar-refractivity contribution in [3.05, 3.63) is 46.5 Å². The monoisotopic (exact) mass is 245 g/mol. The van der Waals surface area contributed by atoms with Crippen LogP contribution in [0.1, 0.15) is 23.4 Å². The van der Waals surface area contributed by atoms with Gasteiger partial charge in [-0.25, -0.2) is 0 Å². The molecule has 16 heavy (non-hydrogen) atoms. The van der Waals surface area contributed by atoms with E-state index < -0.39 is 11.7 Å². The van der Waals surface area contributed by atoms with Crippen LogP contribution in [0.4, 0.5) is 13.2 Å². The van der Waals surface area contributed by atoms with Crippen LogP contribution in [0, 0.1) is 0 Å². The van der Waals surface area contributed by atoms with Crippen LogP contribution in [0.5, 0.6) is 0 Å². The Morgan fingerprint density at radius 1 is 1.31 bits per heavy atom. The minimum atomic E-state index is -4.28. The van der Waals surface area contributed by atoms with Gasteiger partial charge in [0.15, 0.2) is 0 Å². The van der Waals surface area contributed by atoms with Gasteiger partial charge < -0.3 is 5.32 Å². The summed E-state index contributed by atoms with van der Waals surface area (Å²) in [6.07, 6.45) is -2.46. The van der Waals surface area contributed by atoms with E-state index in [1.807, 2.05) is 13.1 Å². The number of benzene rings is 1. The highest BCUT2D eigenvalue weighted by atomic mass is 32.2. The lowest BCUT2D eigenvalue weighted by atomic mass is 10.1. The molecule has 1 unspecified atom stereocenters. The van der Waals surface area contributed by atoms with Crippen molar-refractivity contribution >= 4 is 11.8 Å². The highest BCUT2D eigenvalue weighted by Crippen LogP contribution is 2.38. The number of rotatable bonds is 1. The van der Waals surface area contributed by atoms with E-state index in [1.165, 1.54) is 23.9 Å². The molecule has 1 aromatic carbocycles. The molecule has 0 amide bonds. The summed E-state index contributed by atoms with van der Waals surface area (Å²) in [6.45, 7) is 1.92. The zero-order valence-corrected chi connectivity index (χ0v) is 9.32. The Labute approximate surface area is 95.7 Å². The van der Waals surface area contributed by atoms with Gasteiger partial charge in [-0.05, 0) is 29.5 Å². The number of hydrogen-bond donors (Lipinski definition) is 1. The van der Waals surface area contributed by atoms with Gasteiger partial charge in [-0.3, -0.25) is 0 Å². The van der Waals surface area contributed by atoms with Crippen molar-refractivity contribution in [3.8, 4) is 0 Å². The van der Waals surface area contributed by atoms with Crippen LogP contribution >= 0.6 is 11.8 Å². The largest absolute Gasteiger partial charge is 0.416 e. The number of nitrogens with one attached hydrogen (secondary N) is 1. The van der Waals surface area contributed by atoms with Crippen molar-refractivity contribution in [2.24, 2.45) is 0 Å². The van der Waals surface area contributed by atoms with Gasteiger partial charge in [-0.2, -0.15) is 13.2 Å². The Bertz CT molecular complexity index is 425. The van der Waals surface area contributed by atoms with E-state index in [0.29, 0.717) is 5.56 Å². The predicted octanol–water partition coefficient (Wildman–Crippen LogP) is 3.90. The molecule has 1 nitrogen and oxygen atoms in total. The van der Waals surface area contributed by atoms with Crippen molar-refractivity contribution in [1.82, 2.24) is 5.32 Å². The molecular weight excluding hydrogens is 235 g/mol. The maximum Gasteiger partial charge on any atom is 0.416 e. The second-order valence-electron chi connectivity index (χ2n) is 3.54. The Morgan fingerprint density at radius 3 is 2.62 bits per heavy atom. The third-order valence-electron chi connectivity index (χ3n) is 2.26. The zero-order valence-electron chi connectivity index (χ0n) is 8.51. The van der Waals surface area contributed by atoms with Crippen LogP contribution in [-0.2, 0) is 6.18 Å². The van der Waals surface area contributed by atoms with E-state index in [9.17, 15) is 13.2 Å². The first-order chi connectivity index (χ1) is 7.47. The molecule has 1 aliphatic rings. The summed E-state index contributed by atoms with van der Waals surface area (Å²) in [5.41, 5.74) is 0.0462. The van der Waals surface area contributed by atoms with Gasteiger partial charge in [0.25, 0.3) is 0 Å². The van der Waals surface area contributed by atoms with Crippen LogP contribution in [0.15, 0.2) is 35.4 Å². The average Bonchev–Trinajstić information content (AvgIpc) is 2.64. The van der Waals surface area contributed by atoms with Gasteiger partial charge >= 0.3 is 6.18 Å². The van der Waals surface area contributed by atoms with E-state index in [0.717, 1.165) is 11.0 Å². The second kappa shape index (κ2) is 4.05. The predicted molar refractivity (Wildman–Crippen MR) is 58.7 cm³/mol. The zero-order chi connectivity index (χ0) is 11.8. The van der Waals surface area contributed by atoms with Crippen molar-refractivity contribution in [3.63, 3.8) is 0 Å². The van der Waals surface area contributed by atoms with Gasteiger partial charge in [0, 0.05) is 6.20 Å². The standard InChI is InChI=1S/C11H10F3NS/c1-7-6-15-10(16-7)8-3-2-4-9(5-8)11(12,13)14/h2-6,10,15H,1H3. The topological polar surface area (TPSA) is 12.0 Å². The van der Waals surface area contributed by atoms with Crippen LogP contribution in [0.3, 0.4) is 0 Å². The van der Waals surface area contributed by atoms with Crippen molar-refractivity contribution in [2.45, 2.75) is 18.5 Å². The fourth-order valence-corrected chi connectivity index (χ4v) is 2.42. The molecule has 86 valence electrons. The van der Waals surface area contributed by atoms with Crippen LogP contribution in [-0.4, -0.2) is 0 Å².